The van der Waals surface area contributed by atoms with Crippen LogP contribution in [0.1, 0.15) is 23.0 Å². The molecule has 0 spiro atoms. The van der Waals surface area contributed by atoms with Crippen LogP contribution in [-0.2, 0) is 9.53 Å². The zero-order valence-corrected chi connectivity index (χ0v) is 17.0. The Kier molecular flexibility index (Phi) is 5.25. The van der Waals surface area contributed by atoms with Gasteiger partial charge in [0, 0.05) is 5.56 Å². The third kappa shape index (κ3) is 3.65. The molecule has 1 amide bonds. The number of furan rings is 1. The molecule has 1 aliphatic heterocycles. The molecule has 0 aliphatic carbocycles. The van der Waals surface area contributed by atoms with Crippen molar-refractivity contribution in [3.63, 3.8) is 0 Å². The number of hydrazone groups is 1. The molecule has 7 heteroatoms. The van der Waals surface area contributed by atoms with Gasteiger partial charge in [0.15, 0.2) is 0 Å². The van der Waals surface area contributed by atoms with E-state index in [1.807, 2.05) is 30.3 Å². The number of nitrogens with zero attached hydrogens (tertiary/aromatic N) is 2. The lowest BCUT2D eigenvalue weighted by Crippen LogP contribution is -2.21. The summed E-state index contributed by atoms with van der Waals surface area (Å²) in [6, 6.07) is 17.7. The molecule has 0 N–H and O–H groups in total. The molecule has 1 aromatic heterocycles. The SMILES string of the molecule is COC(=O)c1ccc(-c2ccc(/C=C3\C(=O)N(c4ccccc4)N=C3C)o2)cc1Cl. The monoisotopic (exact) mass is 420 g/mol. The van der Waals surface area contributed by atoms with Gasteiger partial charge in [0.2, 0.25) is 0 Å². The Morgan fingerprint density at radius 2 is 1.90 bits per heavy atom. The van der Waals surface area contributed by atoms with Crippen molar-refractivity contribution < 1.29 is 18.7 Å². The second kappa shape index (κ2) is 8.00. The molecule has 6 nitrogen and oxygen atoms in total. The zero-order chi connectivity index (χ0) is 21.3. The predicted molar refractivity (Wildman–Crippen MR) is 116 cm³/mol. The fourth-order valence-corrected chi connectivity index (χ4v) is 3.36. The molecule has 4 rings (SSSR count). The van der Waals surface area contributed by atoms with E-state index < -0.39 is 5.97 Å². The molecular formula is C23H17ClN2O4. The zero-order valence-electron chi connectivity index (χ0n) is 16.3. The number of carbonyl (C=O) groups excluding carboxylic acids is 2. The lowest BCUT2D eigenvalue weighted by Gasteiger charge is -2.10. The highest BCUT2D eigenvalue weighted by Crippen LogP contribution is 2.30. The maximum Gasteiger partial charge on any atom is 0.339 e. The van der Waals surface area contributed by atoms with E-state index in [9.17, 15) is 9.59 Å². The summed E-state index contributed by atoms with van der Waals surface area (Å²) in [5.41, 5.74) is 2.74. The Hall–Kier alpha value is -3.64. The Bertz CT molecular complexity index is 1190. The standard InChI is InChI=1S/C23H17ClN2O4/c1-14-19(22(27)26(25-14)16-6-4-3-5-7-16)13-17-9-11-21(30-17)15-8-10-18(20(24)12-15)23(28)29-2/h3-13H,1-2H3/b19-13-. The largest absolute Gasteiger partial charge is 0.465 e. The number of hydrogen-bond donors (Lipinski definition) is 0. The van der Waals surface area contributed by atoms with Gasteiger partial charge >= 0.3 is 5.97 Å². The molecule has 0 saturated heterocycles. The summed E-state index contributed by atoms with van der Waals surface area (Å²) in [6.45, 7) is 1.78. The van der Waals surface area contributed by atoms with E-state index in [0.717, 1.165) is 0 Å². The van der Waals surface area contributed by atoms with E-state index in [4.69, 9.17) is 20.8 Å². The predicted octanol–water partition coefficient (Wildman–Crippen LogP) is 5.19. The molecule has 1 aliphatic rings. The molecule has 150 valence electrons. The summed E-state index contributed by atoms with van der Waals surface area (Å²) in [7, 11) is 1.30. The van der Waals surface area contributed by atoms with Crippen LogP contribution in [0, 0.1) is 0 Å². The summed E-state index contributed by atoms with van der Waals surface area (Å²) in [5.74, 6) is 0.335. The number of hydrogen-bond acceptors (Lipinski definition) is 5. The third-order valence-corrected chi connectivity index (χ3v) is 4.95. The molecule has 0 fully saturated rings. The second-order valence-electron chi connectivity index (χ2n) is 6.58. The second-order valence-corrected chi connectivity index (χ2v) is 6.99. The molecular weight excluding hydrogens is 404 g/mol. The van der Waals surface area contributed by atoms with Gasteiger partial charge in [0.1, 0.15) is 11.5 Å². The minimum Gasteiger partial charge on any atom is -0.465 e. The molecule has 30 heavy (non-hydrogen) atoms. The van der Waals surface area contributed by atoms with Gasteiger partial charge in [0.25, 0.3) is 5.91 Å². The van der Waals surface area contributed by atoms with E-state index in [1.54, 1.807) is 43.3 Å². The molecule has 0 bridgehead atoms. The topological polar surface area (TPSA) is 72.1 Å². The Morgan fingerprint density at radius 3 is 2.60 bits per heavy atom. The number of halogens is 1. The fourth-order valence-electron chi connectivity index (χ4n) is 3.10. The quantitative estimate of drug-likeness (QED) is 0.430. The van der Waals surface area contributed by atoms with E-state index in [-0.39, 0.29) is 16.5 Å². The molecule has 2 heterocycles. The minimum atomic E-state index is -0.506. The number of amides is 1. The Balaban J connectivity index is 1.60. The summed E-state index contributed by atoms with van der Waals surface area (Å²) < 4.78 is 10.6. The number of benzene rings is 2. The summed E-state index contributed by atoms with van der Waals surface area (Å²) >= 11 is 6.19. The molecule has 0 unspecified atom stereocenters. The van der Waals surface area contributed by atoms with Crippen LogP contribution >= 0.6 is 11.6 Å². The first-order valence-electron chi connectivity index (χ1n) is 9.13. The average molecular weight is 421 g/mol. The van der Waals surface area contributed by atoms with E-state index >= 15 is 0 Å². The van der Waals surface area contributed by atoms with Gasteiger partial charge in [-0.15, -0.1) is 0 Å². The summed E-state index contributed by atoms with van der Waals surface area (Å²) in [5, 5.41) is 6.00. The highest BCUT2D eigenvalue weighted by Gasteiger charge is 2.29. The number of methoxy groups -OCH3 is 1. The van der Waals surface area contributed by atoms with Gasteiger partial charge in [-0.3, -0.25) is 4.79 Å². The van der Waals surface area contributed by atoms with Crippen LogP contribution < -0.4 is 5.01 Å². The van der Waals surface area contributed by atoms with E-state index in [0.29, 0.717) is 34.1 Å². The summed E-state index contributed by atoms with van der Waals surface area (Å²) in [4.78, 5) is 24.5. The first-order valence-corrected chi connectivity index (χ1v) is 9.50. The Morgan fingerprint density at radius 1 is 1.13 bits per heavy atom. The minimum absolute atomic E-state index is 0.220. The molecule has 2 aromatic carbocycles. The van der Waals surface area contributed by atoms with Gasteiger partial charge in [0.05, 0.1) is 34.7 Å². The average Bonchev–Trinajstić information content (AvgIpc) is 3.34. The Labute approximate surface area is 178 Å². The van der Waals surface area contributed by atoms with Crippen LogP contribution in [0.4, 0.5) is 5.69 Å². The highest BCUT2D eigenvalue weighted by molar-refractivity contribution is 6.34. The van der Waals surface area contributed by atoms with Crippen molar-refractivity contribution in [2.75, 3.05) is 12.1 Å². The smallest absolute Gasteiger partial charge is 0.339 e. The number of anilines is 1. The first kappa shape index (κ1) is 19.7. The first-order chi connectivity index (χ1) is 14.5. The van der Waals surface area contributed by atoms with Crippen molar-refractivity contribution in [3.8, 4) is 11.3 Å². The van der Waals surface area contributed by atoms with Crippen molar-refractivity contribution in [1.82, 2.24) is 0 Å². The maximum absolute atomic E-state index is 12.8. The number of para-hydroxylation sites is 1. The van der Waals surface area contributed by atoms with E-state index in [1.165, 1.54) is 12.1 Å². The number of rotatable bonds is 4. The molecule has 3 aromatic rings. The van der Waals surface area contributed by atoms with Crippen molar-refractivity contribution in [1.29, 1.82) is 0 Å². The molecule has 0 saturated carbocycles. The number of ether oxygens (including phenoxy) is 1. The lowest BCUT2D eigenvalue weighted by atomic mass is 10.1. The normalized spacial score (nSPS) is 14.9. The van der Waals surface area contributed by atoms with E-state index in [2.05, 4.69) is 5.10 Å². The highest BCUT2D eigenvalue weighted by atomic mass is 35.5. The van der Waals surface area contributed by atoms with Crippen LogP contribution in [0.15, 0.2) is 75.8 Å². The van der Waals surface area contributed by atoms with Crippen LogP contribution in [0.5, 0.6) is 0 Å². The van der Waals surface area contributed by atoms with Crippen LogP contribution in [-0.4, -0.2) is 24.7 Å². The van der Waals surface area contributed by atoms with Gasteiger partial charge in [-0.25, -0.2) is 4.79 Å². The third-order valence-electron chi connectivity index (χ3n) is 4.64. The van der Waals surface area contributed by atoms with Crippen LogP contribution in [0.3, 0.4) is 0 Å². The van der Waals surface area contributed by atoms with Gasteiger partial charge in [-0.05, 0) is 49.4 Å². The lowest BCUT2D eigenvalue weighted by molar-refractivity contribution is -0.114. The fraction of sp³-hybridized carbons (Fsp3) is 0.0870. The molecule has 0 atom stereocenters. The van der Waals surface area contributed by atoms with Crippen LogP contribution in [0.2, 0.25) is 5.02 Å². The van der Waals surface area contributed by atoms with Crippen molar-refractivity contribution >= 4 is 41.0 Å². The van der Waals surface area contributed by atoms with Crippen molar-refractivity contribution in [2.45, 2.75) is 6.92 Å². The summed E-state index contributed by atoms with van der Waals surface area (Å²) in [6.07, 6.45) is 1.66. The van der Waals surface area contributed by atoms with Crippen molar-refractivity contribution in [3.05, 3.63) is 82.6 Å². The van der Waals surface area contributed by atoms with Gasteiger partial charge in [-0.1, -0.05) is 35.9 Å². The number of esters is 1. The van der Waals surface area contributed by atoms with Crippen LogP contribution in [0.25, 0.3) is 17.4 Å². The van der Waals surface area contributed by atoms with Crippen molar-refractivity contribution in [2.24, 2.45) is 5.10 Å². The molecule has 0 radical (unpaired) electrons. The van der Waals surface area contributed by atoms with Gasteiger partial charge in [-0.2, -0.15) is 10.1 Å². The van der Waals surface area contributed by atoms with Gasteiger partial charge < -0.3 is 9.15 Å². The maximum atomic E-state index is 12.8. The number of carbonyl (C=O) groups is 2.